The predicted molar refractivity (Wildman–Crippen MR) is 110 cm³/mol. The van der Waals surface area contributed by atoms with Gasteiger partial charge >= 0.3 is 5.97 Å². The lowest BCUT2D eigenvalue weighted by Crippen LogP contribution is -2.35. The van der Waals surface area contributed by atoms with E-state index in [2.05, 4.69) is 5.32 Å². The molecule has 0 spiro atoms. The highest BCUT2D eigenvalue weighted by atomic mass is 16.5. The standard InChI is InChI=1S/C23H27NO5/c1-15-9-10-18(13-16(15)2)20(25)11-12-22(26)29-17(3)23(27)24-14-19-7-5-6-8-21(19)28-4/h5-10,13,17H,11-12,14H2,1-4H3,(H,24,27). The summed E-state index contributed by atoms with van der Waals surface area (Å²) in [6.45, 7) is 5.67. The van der Waals surface area contributed by atoms with E-state index in [4.69, 9.17) is 9.47 Å². The van der Waals surface area contributed by atoms with Gasteiger partial charge in [-0.25, -0.2) is 0 Å². The second-order valence-electron chi connectivity index (χ2n) is 6.88. The van der Waals surface area contributed by atoms with Crippen LogP contribution in [-0.4, -0.2) is 30.9 Å². The third kappa shape index (κ3) is 6.45. The van der Waals surface area contributed by atoms with Gasteiger partial charge in [0.25, 0.3) is 5.91 Å². The van der Waals surface area contributed by atoms with Crippen LogP contribution in [0.25, 0.3) is 0 Å². The minimum absolute atomic E-state index is 0.0386. The summed E-state index contributed by atoms with van der Waals surface area (Å²) in [5, 5.41) is 2.72. The number of para-hydroxylation sites is 1. The van der Waals surface area contributed by atoms with Gasteiger partial charge in [0.1, 0.15) is 5.75 Å². The van der Waals surface area contributed by atoms with E-state index in [1.807, 2.05) is 44.2 Å². The first kappa shape index (κ1) is 22.1. The maximum Gasteiger partial charge on any atom is 0.307 e. The lowest BCUT2D eigenvalue weighted by Gasteiger charge is -2.14. The molecule has 0 aliphatic rings. The van der Waals surface area contributed by atoms with E-state index in [0.717, 1.165) is 16.7 Å². The third-order valence-corrected chi connectivity index (χ3v) is 4.71. The van der Waals surface area contributed by atoms with Crippen molar-refractivity contribution in [1.29, 1.82) is 0 Å². The average Bonchev–Trinajstić information content (AvgIpc) is 2.72. The molecule has 0 saturated carbocycles. The molecular formula is C23H27NO5. The van der Waals surface area contributed by atoms with Gasteiger partial charge in [-0.15, -0.1) is 0 Å². The zero-order chi connectivity index (χ0) is 21.4. The molecule has 0 aliphatic heterocycles. The number of nitrogens with one attached hydrogen (secondary N) is 1. The molecule has 0 radical (unpaired) electrons. The van der Waals surface area contributed by atoms with Gasteiger partial charge in [-0.2, -0.15) is 0 Å². The Morgan fingerprint density at radius 2 is 1.72 bits per heavy atom. The van der Waals surface area contributed by atoms with E-state index in [9.17, 15) is 14.4 Å². The summed E-state index contributed by atoms with van der Waals surface area (Å²) in [4.78, 5) is 36.5. The molecule has 2 rings (SSSR count). The zero-order valence-corrected chi connectivity index (χ0v) is 17.3. The second-order valence-corrected chi connectivity index (χ2v) is 6.88. The van der Waals surface area contributed by atoms with Crippen LogP contribution in [-0.2, 0) is 20.9 Å². The van der Waals surface area contributed by atoms with Crippen LogP contribution >= 0.6 is 0 Å². The molecular weight excluding hydrogens is 370 g/mol. The molecule has 0 aromatic heterocycles. The summed E-state index contributed by atoms with van der Waals surface area (Å²) in [6.07, 6.45) is -0.985. The van der Waals surface area contributed by atoms with Crippen LogP contribution in [0.2, 0.25) is 0 Å². The van der Waals surface area contributed by atoms with E-state index in [-0.39, 0.29) is 25.2 Å². The first-order valence-electron chi connectivity index (χ1n) is 9.51. The van der Waals surface area contributed by atoms with Crippen LogP contribution < -0.4 is 10.1 Å². The fourth-order valence-corrected chi connectivity index (χ4v) is 2.76. The SMILES string of the molecule is COc1ccccc1CNC(=O)C(C)OC(=O)CCC(=O)c1ccc(C)c(C)c1. The summed E-state index contributed by atoms with van der Waals surface area (Å²) in [7, 11) is 1.56. The Bertz CT molecular complexity index is 891. The van der Waals surface area contributed by atoms with Gasteiger partial charge in [-0.05, 0) is 44.0 Å². The first-order chi connectivity index (χ1) is 13.8. The van der Waals surface area contributed by atoms with Crippen molar-refractivity contribution in [2.75, 3.05) is 7.11 Å². The average molecular weight is 397 g/mol. The van der Waals surface area contributed by atoms with Crippen molar-refractivity contribution in [2.45, 2.75) is 46.3 Å². The molecule has 0 bridgehead atoms. The minimum Gasteiger partial charge on any atom is -0.496 e. The summed E-state index contributed by atoms with van der Waals surface area (Å²) in [5.74, 6) is -0.451. The van der Waals surface area contributed by atoms with Crippen molar-refractivity contribution >= 4 is 17.7 Å². The summed E-state index contributed by atoms with van der Waals surface area (Å²) >= 11 is 0. The van der Waals surface area contributed by atoms with Crippen LogP contribution in [0.3, 0.4) is 0 Å². The number of ketones is 1. The Balaban J connectivity index is 1.79. The van der Waals surface area contributed by atoms with Crippen LogP contribution in [0, 0.1) is 13.8 Å². The highest BCUT2D eigenvalue weighted by Crippen LogP contribution is 2.17. The molecule has 1 amide bonds. The van der Waals surface area contributed by atoms with E-state index in [1.54, 1.807) is 19.2 Å². The Labute approximate surface area is 171 Å². The van der Waals surface area contributed by atoms with Gasteiger partial charge in [-0.3, -0.25) is 14.4 Å². The normalized spacial score (nSPS) is 11.4. The number of ether oxygens (including phenoxy) is 2. The molecule has 2 aromatic rings. The fourth-order valence-electron chi connectivity index (χ4n) is 2.76. The quantitative estimate of drug-likeness (QED) is 0.517. The monoisotopic (exact) mass is 397 g/mol. The number of esters is 1. The van der Waals surface area contributed by atoms with Gasteiger partial charge < -0.3 is 14.8 Å². The molecule has 1 atom stereocenters. The maximum absolute atomic E-state index is 12.3. The number of carbonyl (C=O) groups excluding carboxylic acids is 3. The fraction of sp³-hybridized carbons (Fsp3) is 0.348. The van der Waals surface area contributed by atoms with Crippen molar-refractivity contribution in [1.82, 2.24) is 5.32 Å². The van der Waals surface area contributed by atoms with Crippen molar-refractivity contribution in [3.8, 4) is 5.75 Å². The highest BCUT2D eigenvalue weighted by molar-refractivity contribution is 5.98. The molecule has 0 heterocycles. The highest BCUT2D eigenvalue weighted by Gasteiger charge is 2.19. The molecule has 6 nitrogen and oxygen atoms in total. The molecule has 1 unspecified atom stereocenters. The largest absolute Gasteiger partial charge is 0.496 e. The molecule has 0 saturated heterocycles. The van der Waals surface area contributed by atoms with Gasteiger partial charge in [0.05, 0.1) is 13.5 Å². The predicted octanol–water partition coefficient (Wildman–Crippen LogP) is 3.52. The number of aryl methyl sites for hydroxylation is 2. The van der Waals surface area contributed by atoms with E-state index in [0.29, 0.717) is 11.3 Å². The molecule has 2 aromatic carbocycles. The van der Waals surface area contributed by atoms with Gasteiger partial charge in [0.15, 0.2) is 11.9 Å². The maximum atomic E-state index is 12.3. The third-order valence-electron chi connectivity index (χ3n) is 4.71. The number of methoxy groups -OCH3 is 1. The van der Waals surface area contributed by atoms with Gasteiger partial charge in [0, 0.05) is 24.1 Å². The molecule has 0 aliphatic carbocycles. The number of hydrogen-bond donors (Lipinski definition) is 1. The van der Waals surface area contributed by atoms with Crippen molar-refractivity contribution in [3.05, 3.63) is 64.7 Å². The Hall–Kier alpha value is -3.15. The van der Waals surface area contributed by atoms with Crippen molar-refractivity contribution in [3.63, 3.8) is 0 Å². The van der Waals surface area contributed by atoms with Gasteiger partial charge in [-0.1, -0.05) is 30.3 Å². The Morgan fingerprint density at radius 3 is 2.41 bits per heavy atom. The van der Waals surface area contributed by atoms with E-state index in [1.165, 1.54) is 6.92 Å². The van der Waals surface area contributed by atoms with Crippen LogP contribution in [0.1, 0.15) is 46.8 Å². The van der Waals surface area contributed by atoms with Crippen LogP contribution in [0.4, 0.5) is 0 Å². The minimum atomic E-state index is -0.950. The van der Waals surface area contributed by atoms with Crippen LogP contribution in [0.15, 0.2) is 42.5 Å². The number of amides is 1. The molecule has 154 valence electrons. The van der Waals surface area contributed by atoms with Gasteiger partial charge in [0.2, 0.25) is 0 Å². The lowest BCUT2D eigenvalue weighted by atomic mass is 10.0. The first-order valence-corrected chi connectivity index (χ1v) is 9.51. The number of benzene rings is 2. The van der Waals surface area contributed by atoms with E-state index >= 15 is 0 Å². The number of hydrogen-bond acceptors (Lipinski definition) is 5. The molecule has 0 fully saturated rings. The zero-order valence-electron chi connectivity index (χ0n) is 17.3. The summed E-state index contributed by atoms with van der Waals surface area (Å²) in [5.41, 5.74) is 3.53. The Morgan fingerprint density at radius 1 is 1.00 bits per heavy atom. The smallest absolute Gasteiger partial charge is 0.307 e. The van der Waals surface area contributed by atoms with Crippen molar-refractivity contribution < 1.29 is 23.9 Å². The lowest BCUT2D eigenvalue weighted by molar-refractivity contribution is -0.154. The number of carbonyl (C=O) groups is 3. The molecule has 29 heavy (non-hydrogen) atoms. The second kappa shape index (κ2) is 10.4. The number of rotatable bonds is 9. The van der Waals surface area contributed by atoms with E-state index < -0.39 is 18.0 Å². The molecule has 1 N–H and O–H groups in total. The van der Waals surface area contributed by atoms with Crippen LogP contribution in [0.5, 0.6) is 5.75 Å². The van der Waals surface area contributed by atoms with Crippen molar-refractivity contribution in [2.24, 2.45) is 0 Å². The summed E-state index contributed by atoms with van der Waals surface area (Å²) < 4.78 is 10.4. The topological polar surface area (TPSA) is 81.7 Å². The molecule has 6 heteroatoms. The summed E-state index contributed by atoms with van der Waals surface area (Å²) in [6, 6.07) is 12.8. The Kier molecular flexibility index (Phi) is 7.95. The number of Topliss-reactive ketones (excluding diaryl/α,β-unsaturated/α-hetero) is 1.